The molecule has 0 amide bonds. The van der Waals surface area contributed by atoms with E-state index >= 15 is 0 Å². The molecule has 0 spiro atoms. The minimum Gasteiger partial charge on any atom is -0.309 e. The van der Waals surface area contributed by atoms with Crippen LogP contribution < -0.4 is 5.32 Å². The van der Waals surface area contributed by atoms with Crippen LogP contribution in [0.25, 0.3) is 10.2 Å². The number of likely N-dealkylation sites (tertiary alicyclic amines) is 1. The molecule has 3 heterocycles. The second-order valence-electron chi connectivity index (χ2n) is 6.28. The third-order valence-corrected chi connectivity index (χ3v) is 5.95. The molecule has 0 saturated carbocycles. The summed E-state index contributed by atoms with van der Waals surface area (Å²) in [7, 11) is 0. The molecule has 1 N–H and O–H groups in total. The second kappa shape index (κ2) is 6.60. The third-order valence-electron chi connectivity index (χ3n) is 4.77. The number of aromatic nitrogens is 2. The molecule has 1 aliphatic rings. The van der Waals surface area contributed by atoms with Gasteiger partial charge in [-0.05, 0) is 58.8 Å². The zero-order valence-electron chi connectivity index (χ0n) is 14.1. The molecule has 4 nitrogen and oxygen atoms in total. The summed E-state index contributed by atoms with van der Waals surface area (Å²) in [4.78, 5) is 14.2. The summed E-state index contributed by atoms with van der Waals surface area (Å²) < 4.78 is 0. The molecular weight excluding hydrogens is 292 g/mol. The number of nitrogens with zero attached hydrogens (tertiary/aromatic N) is 3. The second-order valence-corrected chi connectivity index (χ2v) is 7.36. The first-order valence-corrected chi connectivity index (χ1v) is 9.09. The van der Waals surface area contributed by atoms with Crippen LogP contribution in [0, 0.1) is 20.8 Å². The maximum absolute atomic E-state index is 4.61. The van der Waals surface area contributed by atoms with Gasteiger partial charge in [-0.2, -0.15) is 0 Å². The van der Waals surface area contributed by atoms with Crippen LogP contribution in [0.4, 0.5) is 0 Å². The molecule has 1 fully saturated rings. The van der Waals surface area contributed by atoms with Gasteiger partial charge in [-0.1, -0.05) is 6.92 Å². The van der Waals surface area contributed by atoms with Gasteiger partial charge in [0.2, 0.25) is 0 Å². The maximum atomic E-state index is 4.61. The smallest absolute Gasteiger partial charge is 0.127 e. The Balaban J connectivity index is 1.70. The zero-order chi connectivity index (χ0) is 15.7. The predicted molar refractivity (Wildman–Crippen MR) is 93.6 cm³/mol. The van der Waals surface area contributed by atoms with Crippen LogP contribution >= 0.6 is 11.3 Å². The SMILES string of the molecule is CCN1CCC(NCc2sc3nc(C)nc(C)c3c2C)CC1. The Morgan fingerprint density at radius 1 is 1.18 bits per heavy atom. The normalized spacial score (nSPS) is 17.5. The van der Waals surface area contributed by atoms with Gasteiger partial charge in [0.1, 0.15) is 10.7 Å². The van der Waals surface area contributed by atoms with Crippen molar-refractivity contribution in [2.24, 2.45) is 0 Å². The molecule has 3 rings (SSSR count). The third kappa shape index (κ3) is 3.16. The molecule has 1 saturated heterocycles. The maximum Gasteiger partial charge on any atom is 0.127 e. The van der Waals surface area contributed by atoms with E-state index in [-0.39, 0.29) is 0 Å². The predicted octanol–water partition coefficient (Wildman–Crippen LogP) is 3.19. The highest BCUT2D eigenvalue weighted by atomic mass is 32.1. The highest BCUT2D eigenvalue weighted by molar-refractivity contribution is 7.18. The highest BCUT2D eigenvalue weighted by Crippen LogP contribution is 2.31. The number of fused-ring (bicyclic) bond motifs is 1. The summed E-state index contributed by atoms with van der Waals surface area (Å²) >= 11 is 1.82. The van der Waals surface area contributed by atoms with E-state index in [2.05, 4.69) is 41.0 Å². The van der Waals surface area contributed by atoms with Crippen molar-refractivity contribution in [1.29, 1.82) is 0 Å². The Kier molecular flexibility index (Phi) is 4.76. The van der Waals surface area contributed by atoms with E-state index in [1.165, 1.54) is 48.3 Å². The van der Waals surface area contributed by atoms with E-state index in [0.717, 1.165) is 22.9 Å². The molecular formula is C17H26N4S. The molecule has 120 valence electrons. The van der Waals surface area contributed by atoms with Crippen LogP contribution in [0.2, 0.25) is 0 Å². The van der Waals surface area contributed by atoms with Gasteiger partial charge < -0.3 is 10.2 Å². The summed E-state index contributed by atoms with van der Waals surface area (Å²) in [6.07, 6.45) is 2.52. The van der Waals surface area contributed by atoms with Gasteiger partial charge >= 0.3 is 0 Å². The van der Waals surface area contributed by atoms with Crippen LogP contribution in [0.3, 0.4) is 0 Å². The summed E-state index contributed by atoms with van der Waals surface area (Å²) in [5.74, 6) is 0.873. The molecule has 5 heteroatoms. The van der Waals surface area contributed by atoms with E-state index in [1.54, 1.807) is 0 Å². The number of hydrogen-bond acceptors (Lipinski definition) is 5. The molecule has 0 radical (unpaired) electrons. The molecule has 0 bridgehead atoms. The summed E-state index contributed by atoms with van der Waals surface area (Å²) in [5.41, 5.74) is 2.47. The van der Waals surface area contributed by atoms with E-state index in [9.17, 15) is 0 Å². The lowest BCUT2D eigenvalue weighted by molar-refractivity contribution is 0.206. The van der Waals surface area contributed by atoms with Crippen LogP contribution in [0.1, 0.15) is 41.7 Å². The standard InChI is InChI=1S/C17H26N4S/c1-5-21-8-6-14(7-9-21)18-10-15-11(2)16-12(3)19-13(4)20-17(16)22-15/h14,18H,5-10H2,1-4H3. The van der Waals surface area contributed by atoms with Crippen molar-refractivity contribution >= 4 is 21.6 Å². The van der Waals surface area contributed by atoms with Gasteiger partial charge in [0, 0.05) is 28.5 Å². The van der Waals surface area contributed by atoms with Gasteiger partial charge in [-0.25, -0.2) is 9.97 Å². The lowest BCUT2D eigenvalue weighted by Gasteiger charge is -2.31. The van der Waals surface area contributed by atoms with Crippen molar-refractivity contribution in [2.75, 3.05) is 19.6 Å². The minimum atomic E-state index is 0.654. The zero-order valence-corrected chi connectivity index (χ0v) is 14.9. The summed E-state index contributed by atoms with van der Waals surface area (Å²) in [5, 5.41) is 5.01. The molecule has 0 aromatic carbocycles. The number of hydrogen-bond donors (Lipinski definition) is 1. The Morgan fingerprint density at radius 3 is 2.59 bits per heavy atom. The fourth-order valence-corrected chi connectivity index (χ4v) is 4.60. The van der Waals surface area contributed by atoms with E-state index in [4.69, 9.17) is 0 Å². The Hall–Kier alpha value is -1.04. The Labute approximate surface area is 137 Å². The topological polar surface area (TPSA) is 41.0 Å². The fraction of sp³-hybridized carbons (Fsp3) is 0.647. The summed E-state index contributed by atoms with van der Waals surface area (Å²) in [6, 6.07) is 0.654. The lowest BCUT2D eigenvalue weighted by Crippen LogP contribution is -2.42. The first-order valence-electron chi connectivity index (χ1n) is 8.27. The van der Waals surface area contributed by atoms with Gasteiger partial charge in [0.15, 0.2) is 0 Å². The van der Waals surface area contributed by atoms with Crippen molar-refractivity contribution < 1.29 is 0 Å². The monoisotopic (exact) mass is 318 g/mol. The van der Waals surface area contributed by atoms with E-state index < -0.39 is 0 Å². The van der Waals surface area contributed by atoms with Crippen molar-refractivity contribution in [3.63, 3.8) is 0 Å². The number of piperidine rings is 1. The molecule has 2 aromatic rings. The van der Waals surface area contributed by atoms with Crippen molar-refractivity contribution in [1.82, 2.24) is 20.2 Å². The number of rotatable bonds is 4. The lowest BCUT2D eigenvalue weighted by atomic mass is 10.0. The quantitative estimate of drug-likeness (QED) is 0.940. The molecule has 22 heavy (non-hydrogen) atoms. The van der Waals surface area contributed by atoms with E-state index in [0.29, 0.717) is 6.04 Å². The largest absolute Gasteiger partial charge is 0.309 e. The van der Waals surface area contributed by atoms with Crippen LogP contribution in [0.15, 0.2) is 0 Å². The number of thiophene rings is 1. The molecule has 1 aliphatic heterocycles. The van der Waals surface area contributed by atoms with Crippen LogP contribution in [-0.2, 0) is 6.54 Å². The van der Waals surface area contributed by atoms with Crippen molar-refractivity contribution in [3.8, 4) is 0 Å². The van der Waals surface area contributed by atoms with Crippen LogP contribution in [-0.4, -0.2) is 40.5 Å². The van der Waals surface area contributed by atoms with E-state index in [1.807, 2.05) is 18.3 Å². The first-order chi connectivity index (χ1) is 10.6. The van der Waals surface area contributed by atoms with Gasteiger partial charge in [0.25, 0.3) is 0 Å². The molecule has 0 unspecified atom stereocenters. The fourth-order valence-electron chi connectivity index (χ4n) is 3.38. The number of nitrogens with one attached hydrogen (secondary N) is 1. The molecule has 0 aliphatic carbocycles. The highest BCUT2D eigenvalue weighted by Gasteiger charge is 2.19. The molecule has 0 atom stereocenters. The Morgan fingerprint density at radius 2 is 1.91 bits per heavy atom. The van der Waals surface area contributed by atoms with Gasteiger partial charge in [-0.15, -0.1) is 11.3 Å². The average molecular weight is 318 g/mol. The summed E-state index contributed by atoms with van der Waals surface area (Å²) in [6.45, 7) is 13.1. The van der Waals surface area contributed by atoms with Crippen molar-refractivity contribution in [3.05, 3.63) is 22.0 Å². The average Bonchev–Trinajstić information content (AvgIpc) is 2.82. The van der Waals surface area contributed by atoms with Gasteiger partial charge in [-0.3, -0.25) is 0 Å². The van der Waals surface area contributed by atoms with Crippen molar-refractivity contribution in [2.45, 2.75) is 53.1 Å². The molecule has 2 aromatic heterocycles. The van der Waals surface area contributed by atoms with Gasteiger partial charge in [0.05, 0.1) is 0 Å². The Bertz CT molecular complexity index is 656. The number of aryl methyl sites for hydroxylation is 3. The minimum absolute atomic E-state index is 0.654. The van der Waals surface area contributed by atoms with Crippen LogP contribution in [0.5, 0.6) is 0 Å². The first kappa shape index (κ1) is 15.8.